The lowest BCUT2D eigenvalue weighted by molar-refractivity contribution is -0.137. The van der Waals surface area contributed by atoms with Crippen LogP contribution in [0.3, 0.4) is 0 Å². The molecule has 3 fully saturated rings. The zero-order valence-corrected chi connectivity index (χ0v) is 18.7. The normalized spacial score (nSPS) is 30.4. The Labute approximate surface area is 191 Å². The van der Waals surface area contributed by atoms with Crippen molar-refractivity contribution >= 4 is 34.9 Å². The summed E-state index contributed by atoms with van der Waals surface area (Å²) in [6.07, 6.45) is 1.69. The van der Waals surface area contributed by atoms with Gasteiger partial charge in [0.1, 0.15) is 5.54 Å². The number of carbonyl (C=O) groups excluding carboxylic acids is 4. The summed E-state index contributed by atoms with van der Waals surface area (Å²) in [6.45, 7) is 4.62. The summed E-state index contributed by atoms with van der Waals surface area (Å²) in [4.78, 5) is 58.7. The van der Waals surface area contributed by atoms with E-state index in [1.807, 2.05) is 31.2 Å². The number of hydrogen-bond donors (Lipinski definition) is 0. The first kappa shape index (κ1) is 20.3. The number of Topliss-reactive ketones (excluding diaryl/α,β-unsaturated/α-hetero) is 1. The maximum absolute atomic E-state index is 14.1. The van der Waals surface area contributed by atoms with Gasteiger partial charge in [-0.2, -0.15) is 0 Å². The number of imide groups is 1. The largest absolute Gasteiger partial charge is 0.310 e. The fraction of sp³-hybridized carbons (Fsp3) is 0.385. The van der Waals surface area contributed by atoms with Crippen LogP contribution in [0.2, 0.25) is 0 Å². The minimum Gasteiger partial charge on any atom is -0.310 e. The predicted octanol–water partition coefficient (Wildman–Crippen LogP) is 2.73. The highest BCUT2D eigenvalue weighted by atomic mass is 16.2. The molecule has 0 unspecified atom stereocenters. The van der Waals surface area contributed by atoms with Crippen molar-refractivity contribution in [3.63, 3.8) is 0 Å². The zero-order chi connectivity index (χ0) is 23.1. The Morgan fingerprint density at radius 3 is 2.45 bits per heavy atom. The van der Waals surface area contributed by atoms with Crippen LogP contribution in [0.15, 0.2) is 48.5 Å². The van der Waals surface area contributed by atoms with Gasteiger partial charge in [0.25, 0.3) is 5.91 Å². The molecule has 0 bridgehead atoms. The lowest BCUT2D eigenvalue weighted by Crippen LogP contribution is -2.56. The van der Waals surface area contributed by atoms with Gasteiger partial charge in [-0.1, -0.05) is 18.2 Å². The molecule has 4 aliphatic heterocycles. The third-order valence-corrected chi connectivity index (χ3v) is 7.99. The maximum Gasteiger partial charge on any atom is 0.253 e. The van der Waals surface area contributed by atoms with Crippen molar-refractivity contribution in [1.29, 1.82) is 0 Å². The number of para-hydroxylation sites is 1. The number of anilines is 2. The van der Waals surface area contributed by atoms with Crippen LogP contribution in [0.1, 0.15) is 42.6 Å². The molecule has 0 N–H and O–H groups in total. The van der Waals surface area contributed by atoms with E-state index in [1.54, 1.807) is 29.2 Å². The van der Waals surface area contributed by atoms with Crippen molar-refractivity contribution < 1.29 is 19.2 Å². The average molecular weight is 444 g/mol. The Kier molecular flexibility index (Phi) is 4.21. The highest BCUT2D eigenvalue weighted by molar-refractivity contribution is 6.26. The summed E-state index contributed by atoms with van der Waals surface area (Å²) < 4.78 is 0. The molecule has 1 spiro atoms. The van der Waals surface area contributed by atoms with Crippen LogP contribution in [0.25, 0.3) is 0 Å². The monoisotopic (exact) mass is 443 g/mol. The number of nitrogens with zero attached hydrogens (tertiary/aromatic N) is 3. The van der Waals surface area contributed by atoms with E-state index < -0.39 is 17.4 Å². The van der Waals surface area contributed by atoms with Gasteiger partial charge in [-0.25, -0.2) is 4.90 Å². The van der Waals surface area contributed by atoms with Crippen LogP contribution < -0.4 is 9.80 Å². The minimum atomic E-state index is -1.14. The van der Waals surface area contributed by atoms with Crippen LogP contribution in [0.5, 0.6) is 0 Å². The Balaban J connectivity index is 1.52. The van der Waals surface area contributed by atoms with Crippen LogP contribution in [0.4, 0.5) is 11.4 Å². The van der Waals surface area contributed by atoms with Crippen molar-refractivity contribution in [1.82, 2.24) is 4.90 Å². The van der Waals surface area contributed by atoms with Crippen LogP contribution in [-0.2, 0) is 19.9 Å². The van der Waals surface area contributed by atoms with Gasteiger partial charge in [-0.05, 0) is 63.6 Å². The molecule has 3 saturated heterocycles. The number of fused-ring (bicyclic) bond motifs is 7. The van der Waals surface area contributed by atoms with Gasteiger partial charge < -0.3 is 4.90 Å². The molecule has 2 aromatic carbocycles. The standard InChI is InChI=1S/C26H25N3O4/c1-3-27-19-8-5-4-7-18(19)26(25(27)33)22-21(20-9-6-14-28(20)26)23(31)29(24(22)32)17-12-10-16(11-13-17)15(2)30/h4-5,7-8,10-13,20-22H,3,6,9,14H2,1-2H3/t20-,21-,22+,26+/m1/s1. The van der Waals surface area contributed by atoms with E-state index >= 15 is 0 Å². The first-order valence-corrected chi connectivity index (χ1v) is 11.6. The van der Waals surface area contributed by atoms with Gasteiger partial charge in [0, 0.05) is 29.4 Å². The molecule has 4 atom stereocenters. The van der Waals surface area contributed by atoms with Gasteiger partial charge in [0.05, 0.1) is 17.5 Å². The molecule has 7 heteroatoms. The number of likely N-dealkylation sites (N-methyl/N-ethyl adjacent to an activating group) is 1. The second kappa shape index (κ2) is 6.84. The van der Waals surface area contributed by atoms with Gasteiger partial charge in [-0.3, -0.25) is 24.1 Å². The van der Waals surface area contributed by atoms with E-state index in [-0.39, 0.29) is 29.5 Å². The summed E-state index contributed by atoms with van der Waals surface area (Å²) in [5, 5.41) is 0. The highest BCUT2D eigenvalue weighted by Gasteiger charge is 2.75. The first-order valence-electron chi connectivity index (χ1n) is 11.6. The fourth-order valence-corrected chi connectivity index (χ4v) is 6.75. The van der Waals surface area contributed by atoms with Gasteiger partial charge in [0.2, 0.25) is 11.8 Å². The van der Waals surface area contributed by atoms with Gasteiger partial charge in [0.15, 0.2) is 5.78 Å². The molecule has 0 aromatic heterocycles. The van der Waals surface area contributed by atoms with E-state index in [2.05, 4.69) is 4.90 Å². The molecule has 168 valence electrons. The lowest BCUT2D eigenvalue weighted by atomic mass is 9.75. The van der Waals surface area contributed by atoms with Crippen molar-refractivity contribution in [2.75, 3.05) is 22.9 Å². The molecule has 2 aromatic rings. The fourth-order valence-electron chi connectivity index (χ4n) is 6.75. The Morgan fingerprint density at radius 2 is 1.76 bits per heavy atom. The molecule has 6 rings (SSSR count). The Bertz CT molecular complexity index is 1220. The smallest absolute Gasteiger partial charge is 0.253 e. The van der Waals surface area contributed by atoms with E-state index in [4.69, 9.17) is 0 Å². The van der Waals surface area contributed by atoms with Crippen molar-refractivity contribution in [2.24, 2.45) is 11.8 Å². The molecule has 4 aliphatic rings. The molecule has 3 amide bonds. The highest BCUT2D eigenvalue weighted by Crippen LogP contribution is 2.61. The summed E-state index contributed by atoms with van der Waals surface area (Å²) >= 11 is 0. The summed E-state index contributed by atoms with van der Waals surface area (Å²) in [5.74, 6) is -2.05. The number of amides is 3. The van der Waals surface area contributed by atoms with Crippen molar-refractivity contribution in [3.05, 3.63) is 59.7 Å². The van der Waals surface area contributed by atoms with Crippen molar-refractivity contribution in [2.45, 2.75) is 38.3 Å². The molecule has 33 heavy (non-hydrogen) atoms. The molecule has 0 aliphatic carbocycles. The first-order chi connectivity index (χ1) is 15.9. The third-order valence-electron chi connectivity index (χ3n) is 7.99. The Hall–Kier alpha value is -3.32. The predicted molar refractivity (Wildman–Crippen MR) is 122 cm³/mol. The van der Waals surface area contributed by atoms with E-state index in [1.165, 1.54) is 11.8 Å². The lowest BCUT2D eigenvalue weighted by Gasteiger charge is -2.37. The number of hydrogen-bond acceptors (Lipinski definition) is 5. The van der Waals surface area contributed by atoms with Crippen LogP contribution in [0, 0.1) is 11.8 Å². The van der Waals surface area contributed by atoms with Crippen LogP contribution in [-0.4, -0.2) is 47.5 Å². The third kappa shape index (κ3) is 2.33. The molecule has 4 heterocycles. The number of rotatable bonds is 3. The summed E-state index contributed by atoms with van der Waals surface area (Å²) in [5.41, 5.74) is 1.51. The molecule has 7 nitrogen and oxygen atoms in total. The van der Waals surface area contributed by atoms with E-state index in [0.29, 0.717) is 24.3 Å². The second-order valence-corrected chi connectivity index (χ2v) is 9.35. The zero-order valence-electron chi connectivity index (χ0n) is 18.7. The SMILES string of the molecule is CCN1C(=O)[C@]2(c3ccccc31)[C@@H]1C(=O)N(c3ccc(C(C)=O)cc3)C(=O)[C@@H]1[C@H]1CCCN12. The molecular formula is C26H25N3O4. The molecule has 0 radical (unpaired) electrons. The van der Waals surface area contributed by atoms with Gasteiger partial charge >= 0.3 is 0 Å². The Morgan fingerprint density at radius 1 is 1.03 bits per heavy atom. The van der Waals surface area contributed by atoms with Crippen molar-refractivity contribution in [3.8, 4) is 0 Å². The van der Waals surface area contributed by atoms with E-state index in [0.717, 1.165) is 24.1 Å². The minimum absolute atomic E-state index is 0.0779. The van der Waals surface area contributed by atoms with Crippen LogP contribution >= 0.6 is 0 Å². The van der Waals surface area contributed by atoms with E-state index in [9.17, 15) is 19.2 Å². The molecule has 0 saturated carbocycles. The van der Waals surface area contributed by atoms with Gasteiger partial charge in [-0.15, -0.1) is 0 Å². The number of carbonyl (C=O) groups is 4. The number of benzene rings is 2. The maximum atomic E-state index is 14.1. The number of ketones is 1. The summed E-state index contributed by atoms with van der Waals surface area (Å²) in [7, 11) is 0. The topological polar surface area (TPSA) is 78.0 Å². The second-order valence-electron chi connectivity index (χ2n) is 9.35. The average Bonchev–Trinajstić information content (AvgIpc) is 3.51. The quantitative estimate of drug-likeness (QED) is 0.539. The molecular weight excluding hydrogens is 418 g/mol. The summed E-state index contributed by atoms with van der Waals surface area (Å²) in [6, 6.07) is 14.1.